The zero-order valence-corrected chi connectivity index (χ0v) is 26.4. The molecule has 4 rings (SSSR count). The van der Waals surface area contributed by atoms with Crippen molar-refractivity contribution in [1.82, 2.24) is 0 Å². The van der Waals surface area contributed by atoms with Crippen molar-refractivity contribution in [3.05, 3.63) is 70.8 Å². The molecule has 0 spiro atoms. The summed E-state index contributed by atoms with van der Waals surface area (Å²) in [6, 6.07) is 5.93. The highest BCUT2D eigenvalue weighted by atomic mass is 32.3. The number of benzene rings is 2. The maximum atomic E-state index is 13.8. The predicted octanol–water partition coefficient (Wildman–Crippen LogP) is 6.95. The summed E-state index contributed by atoms with van der Waals surface area (Å²) in [5.74, 6) is -5.83. The highest BCUT2D eigenvalue weighted by Crippen LogP contribution is 2.32. The molecule has 0 saturated carbocycles. The Labute approximate surface area is 262 Å². The molecule has 2 atom stereocenters. The van der Waals surface area contributed by atoms with Crippen LogP contribution in [0.25, 0.3) is 0 Å². The molecule has 0 bridgehead atoms. The first kappa shape index (κ1) is 38.9. The van der Waals surface area contributed by atoms with Gasteiger partial charge < -0.3 is 9.68 Å². The first-order chi connectivity index (χ1) is 20.4. The van der Waals surface area contributed by atoms with E-state index in [1.807, 2.05) is 0 Å². The third kappa shape index (κ3) is 9.18. The zero-order chi connectivity index (χ0) is 34.2. The van der Waals surface area contributed by atoms with E-state index in [0.717, 1.165) is 30.3 Å². The first-order valence-electron chi connectivity index (χ1n) is 12.6. The second kappa shape index (κ2) is 13.5. The Morgan fingerprint density at radius 3 is 1.48 bits per heavy atom. The van der Waals surface area contributed by atoms with Crippen molar-refractivity contribution in [2.75, 3.05) is 0 Å². The second-order valence-corrected chi connectivity index (χ2v) is 17.2. The number of oxime groups is 2. The standard InChI is InChI=1S/C13H13F5N2O4S2.C12H14F2N2O2S.CH4/c1-12(2)6-11(19-24-12)25(21,20-26(22,23)13(16,17)18)7-8-9(14)4-3-5-10(8)15;1-12(2)6-11(16-18-12)19(15,17)7-8-9(13)4-3-5-10(8)14;/h3-5H,6-7H2,1-2H3;3-5,15H,6-7H2,1-2H3;1H4. The minimum absolute atomic E-state index is 0. The molecule has 0 saturated heterocycles. The number of hydrogen-bond acceptors (Lipinski definition) is 9. The smallest absolute Gasteiger partial charge is 0.389 e. The van der Waals surface area contributed by atoms with Crippen molar-refractivity contribution in [3.63, 3.8) is 0 Å². The lowest BCUT2D eigenvalue weighted by atomic mass is 10.1. The van der Waals surface area contributed by atoms with Gasteiger partial charge in [0.2, 0.25) is 0 Å². The quantitative estimate of drug-likeness (QED) is 0.330. The van der Waals surface area contributed by atoms with Gasteiger partial charge in [-0.1, -0.05) is 33.6 Å². The molecule has 0 amide bonds. The topological polar surface area (TPSA) is 148 Å². The molecule has 0 aromatic heterocycles. The minimum atomic E-state index is -6.21. The van der Waals surface area contributed by atoms with Crippen LogP contribution in [0.2, 0.25) is 0 Å². The Bertz CT molecular complexity index is 1840. The predicted molar refractivity (Wildman–Crippen MR) is 158 cm³/mol. The van der Waals surface area contributed by atoms with Gasteiger partial charge in [-0.05, 0) is 52.0 Å². The van der Waals surface area contributed by atoms with Crippen molar-refractivity contribution < 1.29 is 57.2 Å². The third-order valence-electron chi connectivity index (χ3n) is 6.01. The number of alkyl halides is 3. The Morgan fingerprint density at radius 2 is 1.13 bits per heavy atom. The van der Waals surface area contributed by atoms with E-state index in [-0.39, 0.29) is 30.9 Å². The molecule has 20 heteroatoms. The molecule has 2 aliphatic heterocycles. The van der Waals surface area contributed by atoms with Crippen molar-refractivity contribution in [1.29, 1.82) is 4.78 Å². The van der Waals surface area contributed by atoms with Crippen molar-refractivity contribution in [2.24, 2.45) is 14.1 Å². The number of hydrogen-bond donors (Lipinski definition) is 1. The second-order valence-electron chi connectivity index (χ2n) is 11.0. The fraction of sp³-hybridized carbons (Fsp3) is 0.462. The van der Waals surface area contributed by atoms with Gasteiger partial charge in [0.15, 0.2) is 10.1 Å². The van der Waals surface area contributed by atoms with E-state index in [0.29, 0.717) is 0 Å². The molecular formula is C26H31F7N4O6S3. The molecule has 2 aliphatic rings. The van der Waals surface area contributed by atoms with Crippen LogP contribution < -0.4 is 0 Å². The lowest BCUT2D eigenvalue weighted by molar-refractivity contribution is -0.0434. The number of nitrogens with zero attached hydrogens (tertiary/aromatic N) is 3. The summed E-state index contributed by atoms with van der Waals surface area (Å²) in [5, 5.41) is 6.39. The average Bonchev–Trinajstić information content (AvgIpc) is 3.45. The van der Waals surface area contributed by atoms with Crippen LogP contribution in [0.1, 0.15) is 59.1 Å². The van der Waals surface area contributed by atoms with Crippen LogP contribution in [0, 0.1) is 28.0 Å². The molecule has 0 radical (unpaired) electrons. The lowest BCUT2D eigenvalue weighted by Crippen LogP contribution is -2.27. The van der Waals surface area contributed by atoms with Crippen LogP contribution in [0.15, 0.2) is 50.5 Å². The van der Waals surface area contributed by atoms with E-state index >= 15 is 0 Å². The maximum Gasteiger partial charge on any atom is 0.519 e. The summed E-state index contributed by atoms with van der Waals surface area (Å²) < 4.78 is 151. The largest absolute Gasteiger partial charge is 0.519 e. The summed E-state index contributed by atoms with van der Waals surface area (Å²) in [6.45, 7) is 6.38. The van der Waals surface area contributed by atoms with Gasteiger partial charge >= 0.3 is 15.5 Å². The molecule has 2 aromatic rings. The molecular weight excluding hydrogens is 693 g/mol. The highest BCUT2D eigenvalue weighted by molar-refractivity contribution is 8.12. The van der Waals surface area contributed by atoms with Crippen LogP contribution in [-0.4, -0.2) is 43.6 Å². The van der Waals surface area contributed by atoms with E-state index in [1.165, 1.54) is 19.9 Å². The van der Waals surface area contributed by atoms with E-state index in [9.17, 15) is 47.6 Å². The van der Waals surface area contributed by atoms with Gasteiger partial charge in [-0.15, -0.1) is 0 Å². The van der Waals surface area contributed by atoms with Crippen LogP contribution in [-0.2, 0) is 50.7 Å². The third-order valence-corrected chi connectivity index (χ3v) is 11.7. The average molecular weight is 725 g/mol. The van der Waals surface area contributed by atoms with Gasteiger partial charge in [-0.25, -0.2) is 30.8 Å². The van der Waals surface area contributed by atoms with Crippen LogP contribution in [0.3, 0.4) is 0 Å². The molecule has 2 heterocycles. The summed E-state index contributed by atoms with van der Waals surface area (Å²) in [4.78, 5) is 9.92. The molecule has 258 valence electrons. The summed E-state index contributed by atoms with van der Waals surface area (Å²) in [7, 11) is -14.1. The Balaban J connectivity index is 0.000000328. The van der Waals surface area contributed by atoms with Gasteiger partial charge in [0.05, 0.1) is 21.2 Å². The first-order valence-corrected chi connectivity index (χ1v) is 17.4. The maximum absolute atomic E-state index is 13.8. The molecule has 2 unspecified atom stereocenters. The summed E-state index contributed by atoms with van der Waals surface area (Å²) in [6.07, 6.45) is -0.121. The number of halogens is 7. The van der Waals surface area contributed by atoms with Crippen LogP contribution >= 0.6 is 0 Å². The Morgan fingerprint density at radius 1 is 0.761 bits per heavy atom. The van der Waals surface area contributed by atoms with Gasteiger partial charge in [-0.3, -0.25) is 0 Å². The van der Waals surface area contributed by atoms with E-state index in [4.69, 9.17) is 14.5 Å². The fourth-order valence-corrected chi connectivity index (χ4v) is 9.04. The van der Waals surface area contributed by atoms with Crippen LogP contribution in [0.5, 0.6) is 0 Å². The number of nitrogens with one attached hydrogen (secondary N) is 1. The van der Waals surface area contributed by atoms with Gasteiger partial charge in [-0.2, -0.15) is 21.6 Å². The van der Waals surface area contributed by atoms with E-state index in [1.54, 1.807) is 13.8 Å². The van der Waals surface area contributed by atoms with Crippen molar-refractivity contribution in [2.45, 2.75) is 76.2 Å². The molecule has 0 aliphatic carbocycles. The highest BCUT2D eigenvalue weighted by Gasteiger charge is 2.48. The van der Waals surface area contributed by atoms with Crippen molar-refractivity contribution >= 4 is 39.6 Å². The molecule has 46 heavy (non-hydrogen) atoms. The normalized spacial score (nSPS) is 19.5. The van der Waals surface area contributed by atoms with Gasteiger partial charge in [0.25, 0.3) is 0 Å². The molecule has 10 nitrogen and oxygen atoms in total. The van der Waals surface area contributed by atoms with Crippen LogP contribution in [0.4, 0.5) is 30.7 Å². The SMILES string of the molecule is C.CC1(C)CC(S(=N)(=O)Cc2c(F)cccc2F)=NO1.CC1(C)CC(S(=O)(Cc2c(F)cccc2F)=NS(=O)(=O)C(F)(F)F)=NO1. The lowest BCUT2D eigenvalue weighted by Gasteiger charge is -2.15. The molecule has 1 N–H and O–H groups in total. The fourth-order valence-electron chi connectivity index (χ4n) is 3.73. The van der Waals surface area contributed by atoms with Gasteiger partial charge in [0, 0.05) is 24.0 Å². The zero-order valence-electron chi connectivity index (χ0n) is 24.0. The number of rotatable bonds is 5. The Kier molecular flexibility index (Phi) is 11.4. The monoisotopic (exact) mass is 724 g/mol. The van der Waals surface area contributed by atoms with E-state index < -0.39 is 91.6 Å². The molecule has 2 aromatic carbocycles. The molecule has 0 fully saturated rings. The summed E-state index contributed by atoms with van der Waals surface area (Å²) >= 11 is 0. The summed E-state index contributed by atoms with van der Waals surface area (Å²) in [5.41, 5.74) is -8.78. The van der Waals surface area contributed by atoms with Crippen molar-refractivity contribution in [3.8, 4) is 0 Å². The van der Waals surface area contributed by atoms with Gasteiger partial charge in [0.1, 0.15) is 44.2 Å². The number of sulfonamides is 1. The minimum Gasteiger partial charge on any atom is -0.389 e. The van der Waals surface area contributed by atoms with E-state index in [2.05, 4.69) is 14.1 Å². The Hall–Kier alpha value is -3.26.